The first-order chi connectivity index (χ1) is 10.5. The Morgan fingerprint density at radius 3 is 2.36 bits per heavy atom. The quantitative estimate of drug-likeness (QED) is 0.909. The van der Waals surface area contributed by atoms with Crippen molar-refractivity contribution in [2.75, 3.05) is 11.9 Å². The smallest absolute Gasteiger partial charge is 0.251 e. The molecule has 0 atom stereocenters. The highest BCUT2D eigenvalue weighted by molar-refractivity contribution is 6.30. The molecule has 0 fully saturated rings. The summed E-state index contributed by atoms with van der Waals surface area (Å²) < 4.78 is 0. The number of hydrogen-bond donors (Lipinski definition) is 2. The fourth-order valence-electron chi connectivity index (χ4n) is 2.01. The highest BCUT2D eigenvalue weighted by Crippen LogP contribution is 2.15. The van der Waals surface area contributed by atoms with E-state index in [1.54, 1.807) is 24.3 Å². The third kappa shape index (κ3) is 4.33. The standard InChI is InChI=1S/C17H17ClN2O2/c1-11-3-8-15(12(2)9-11)20-16(21)10-19-17(22)13-4-6-14(18)7-5-13/h3-9H,10H2,1-2H3,(H,19,22)(H,20,21). The second kappa shape index (κ2) is 7.09. The molecule has 22 heavy (non-hydrogen) atoms. The van der Waals surface area contributed by atoms with Crippen molar-refractivity contribution in [3.63, 3.8) is 0 Å². The van der Waals surface area contributed by atoms with Crippen LogP contribution in [0, 0.1) is 13.8 Å². The molecule has 0 heterocycles. The number of benzene rings is 2. The van der Waals surface area contributed by atoms with Crippen LogP contribution in [0.4, 0.5) is 5.69 Å². The lowest BCUT2D eigenvalue weighted by Crippen LogP contribution is -2.32. The summed E-state index contributed by atoms with van der Waals surface area (Å²) in [6.45, 7) is 3.83. The van der Waals surface area contributed by atoms with Gasteiger partial charge >= 0.3 is 0 Å². The summed E-state index contributed by atoms with van der Waals surface area (Å²) in [6.07, 6.45) is 0. The fourth-order valence-corrected chi connectivity index (χ4v) is 2.14. The molecule has 5 heteroatoms. The van der Waals surface area contributed by atoms with Crippen LogP contribution in [-0.4, -0.2) is 18.4 Å². The van der Waals surface area contributed by atoms with Gasteiger partial charge in [0.15, 0.2) is 0 Å². The summed E-state index contributed by atoms with van der Waals surface area (Å²) in [5.74, 6) is -0.582. The van der Waals surface area contributed by atoms with Crippen LogP contribution < -0.4 is 10.6 Å². The van der Waals surface area contributed by atoms with Gasteiger partial charge in [-0.25, -0.2) is 0 Å². The van der Waals surface area contributed by atoms with Gasteiger partial charge in [-0.15, -0.1) is 0 Å². The third-order valence-electron chi connectivity index (χ3n) is 3.17. The molecule has 0 spiro atoms. The molecule has 2 aromatic rings. The molecular weight excluding hydrogens is 300 g/mol. The molecule has 4 nitrogen and oxygen atoms in total. The molecule has 0 aliphatic carbocycles. The van der Waals surface area contributed by atoms with Crippen molar-refractivity contribution in [2.45, 2.75) is 13.8 Å². The van der Waals surface area contributed by atoms with E-state index in [1.807, 2.05) is 32.0 Å². The Labute approximate surface area is 134 Å². The highest BCUT2D eigenvalue weighted by Gasteiger charge is 2.09. The van der Waals surface area contributed by atoms with E-state index < -0.39 is 0 Å². The summed E-state index contributed by atoms with van der Waals surface area (Å²) in [4.78, 5) is 23.8. The largest absolute Gasteiger partial charge is 0.343 e. The fraction of sp³-hybridized carbons (Fsp3) is 0.176. The van der Waals surface area contributed by atoms with Crippen molar-refractivity contribution >= 4 is 29.1 Å². The van der Waals surface area contributed by atoms with Crippen molar-refractivity contribution in [3.8, 4) is 0 Å². The number of rotatable bonds is 4. The summed E-state index contributed by atoms with van der Waals surface area (Å²) in [5, 5.41) is 5.91. The van der Waals surface area contributed by atoms with E-state index in [1.165, 1.54) is 0 Å². The van der Waals surface area contributed by atoms with Crippen molar-refractivity contribution in [1.82, 2.24) is 5.32 Å². The summed E-state index contributed by atoms with van der Waals surface area (Å²) >= 11 is 5.76. The molecule has 0 aliphatic rings. The molecule has 2 aromatic carbocycles. The van der Waals surface area contributed by atoms with E-state index in [-0.39, 0.29) is 18.4 Å². The van der Waals surface area contributed by atoms with E-state index >= 15 is 0 Å². The maximum absolute atomic E-state index is 11.9. The molecule has 0 saturated heterocycles. The van der Waals surface area contributed by atoms with Crippen molar-refractivity contribution in [1.29, 1.82) is 0 Å². The first-order valence-corrected chi connectivity index (χ1v) is 7.24. The van der Waals surface area contributed by atoms with Gasteiger partial charge in [0.1, 0.15) is 0 Å². The van der Waals surface area contributed by atoms with E-state index in [9.17, 15) is 9.59 Å². The van der Waals surface area contributed by atoms with Gasteiger partial charge < -0.3 is 10.6 Å². The summed E-state index contributed by atoms with van der Waals surface area (Å²) in [7, 11) is 0. The second-order valence-corrected chi connectivity index (χ2v) is 5.49. The number of anilines is 1. The average Bonchev–Trinajstić information content (AvgIpc) is 2.48. The minimum atomic E-state index is -0.313. The minimum Gasteiger partial charge on any atom is -0.343 e. The Bertz CT molecular complexity index is 696. The lowest BCUT2D eigenvalue weighted by molar-refractivity contribution is -0.115. The molecule has 0 saturated carbocycles. The maximum Gasteiger partial charge on any atom is 0.251 e. The molecule has 0 aliphatic heterocycles. The van der Waals surface area contributed by atoms with E-state index in [0.29, 0.717) is 10.6 Å². The van der Waals surface area contributed by atoms with Gasteiger partial charge in [-0.05, 0) is 49.7 Å². The number of carbonyl (C=O) groups is 2. The summed E-state index contributed by atoms with van der Waals surface area (Å²) in [6, 6.07) is 12.2. The van der Waals surface area contributed by atoms with Gasteiger partial charge in [0.05, 0.1) is 6.54 Å². The number of hydrogen-bond acceptors (Lipinski definition) is 2. The predicted octanol–water partition coefficient (Wildman–Crippen LogP) is 3.33. The first-order valence-electron chi connectivity index (χ1n) is 6.86. The molecule has 2 N–H and O–H groups in total. The van der Waals surface area contributed by atoms with E-state index in [0.717, 1.165) is 16.8 Å². The van der Waals surface area contributed by atoms with Gasteiger partial charge in [0.2, 0.25) is 5.91 Å². The van der Waals surface area contributed by atoms with Crippen LogP contribution in [0.15, 0.2) is 42.5 Å². The lowest BCUT2D eigenvalue weighted by atomic mass is 10.1. The van der Waals surface area contributed by atoms with Crippen molar-refractivity contribution in [3.05, 3.63) is 64.2 Å². The molecule has 114 valence electrons. The van der Waals surface area contributed by atoms with E-state index in [4.69, 9.17) is 11.6 Å². The van der Waals surface area contributed by atoms with Crippen LogP contribution in [0.25, 0.3) is 0 Å². The van der Waals surface area contributed by atoms with Gasteiger partial charge in [-0.1, -0.05) is 29.3 Å². The zero-order chi connectivity index (χ0) is 16.1. The van der Waals surface area contributed by atoms with Gasteiger partial charge in [-0.3, -0.25) is 9.59 Å². The number of nitrogens with one attached hydrogen (secondary N) is 2. The number of halogens is 1. The van der Waals surface area contributed by atoms with Crippen LogP contribution >= 0.6 is 11.6 Å². The maximum atomic E-state index is 11.9. The Morgan fingerprint density at radius 2 is 1.73 bits per heavy atom. The number of aryl methyl sites for hydroxylation is 2. The average molecular weight is 317 g/mol. The van der Waals surface area contributed by atoms with Crippen LogP contribution in [-0.2, 0) is 4.79 Å². The Balaban J connectivity index is 1.89. The van der Waals surface area contributed by atoms with Crippen molar-refractivity contribution in [2.24, 2.45) is 0 Å². The molecule has 0 radical (unpaired) electrons. The SMILES string of the molecule is Cc1ccc(NC(=O)CNC(=O)c2ccc(Cl)cc2)c(C)c1. The lowest BCUT2D eigenvalue weighted by Gasteiger charge is -2.10. The molecule has 2 rings (SSSR count). The zero-order valence-electron chi connectivity index (χ0n) is 12.4. The first kappa shape index (κ1) is 16.0. The van der Waals surface area contributed by atoms with Crippen molar-refractivity contribution < 1.29 is 9.59 Å². The Hall–Kier alpha value is -2.33. The molecule has 0 unspecified atom stereocenters. The molecule has 0 bridgehead atoms. The topological polar surface area (TPSA) is 58.2 Å². The molecule has 0 aromatic heterocycles. The monoisotopic (exact) mass is 316 g/mol. The number of amides is 2. The molecule has 2 amide bonds. The van der Waals surface area contributed by atoms with Crippen LogP contribution in [0.1, 0.15) is 21.5 Å². The zero-order valence-corrected chi connectivity index (χ0v) is 13.2. The Morgan fingerprint density at radius 1 is 1.05 bits per heavy atom. The Kier molecular flexibility index (Phi) is 5.17. The normalized spacial score (nSPS) is 10.1. The predicted molar refractivity (Wildman–Crippen MR) is 88.3 cm³/mol. The second-order valence-electron chi connectivity index (χ2n) is 5.06. The van der Waals surface area contributed by atoms with Crippen LogP contribution in [0.5, 0.6) is 0 Å². The van der Waals surface area contributed by atoms with Gasteiger partial charge in [0, 0.05) is 16.3 Å². The van der Waals surface area contributed by atoms with Gasteiger partial charge in [0.25, 0.3) is 5.91 Å². The highest BCUT2D eigenvalue weighted by atomic mass is 35.5. The van der Waals surface area contributed by atoms with E-state index in [2.05, 4.69) is 10.6 Å². The number of carbonyl (C=O) groups excluding carboxylic acids is 2. The molecular formula is C17H17ClN2O2. The van der Waals surface area contributed by atoms with Crippen LogP contribution in [0.2, 0.25) is 5.02 Å². The minimum absolute atomic E-state index is 0.0885. The van der Waals surface area contributed by atoms with Gasteiger partial charge in [-0.2, -0.15) is 0 Å². The summed E-state index contributed by atoms with van der Waals surface area (Å²) in [5.41, 5.74) is 3.32. The third-order valence-corrected chi connectivity index (χ3v) is 3.42. The van der Waals surface area contributed by atoms with Crippen LogP contribution in [0.3, 0.4) is 0 Å².